The minimum atomic E-state index is -3.24. The first-order valence-corrected chi connectivity index (χ1v) is 5.95. The maximum absolute atomic E-state index is 11.3. The van der Waals surface area contributed by atoms with E-state index in [1.807, 2.05) is 12.1 Å². The van der Waals surface area contributed by atoms with Gasteiger partial charge in [0.05, 0.1) is 0 Å². The van der Waals surface area contributed by atoms with E-state index in [1.165, 1.54) is 0 Å². The van der Waals surface area contributed by atoms with Gasteiger partial charge >= 0.3 is 0 Å². The molecule has 2 aromatic rings. The predicted molar refractivity (Wildman–Crippen MR) is 54.9 cm³/mol. The molecule has 0 aliphatic carbocycles. The van der Waals surface area contributed by atoms with Gasteiger partial charge in [-0.2, -0.15) is 0 Å². The summed E-state index contributed by atoms with van der Waals surface area (Å²) in [5, 5.41) is 0. The van der Waals surface area contributed by atoms with Gasteiger partial charge in [0.1, 0.15) is 10.7 Å². The zero-order chi connectivity index (χ0) is 10.3. The van der Waals surface area contributed by atoms with Gasteiger partial charge in [-0.05, 0) is 18.2 Å². The van der Waals surface area contributed by atoms with Crippen molar-refractivity contribution in [1.29, 1.82) is 0 Å². The van der Waals surface area contributed by atoms with Gasteiger partial charge in [-0.15, -0.1) is 0 Å². The quantitative estimate of drug-likeness (QED) is 0.761. The Morgan fingerprint density at radius 1 is 1.36 bits per heavy atom. The number of anilines is 1. The summed E-state index contributed by atoms with van der Waals surface area (Å²) in [6, 6.07) is 7.02. The van der Waals surface area contributed by atoms with Crippen molar-refractivity contribution in [2.24, 2.45) is 0 Å². The molecule has 0 saturated heterocycles. The minimum Gasteiger partial charge on any atom is -0.384 e. The van der Waals surface area contributed by atoms with Gasteiger partial charge in [0, 0.05) is 18.0 Å². The van der Waals surface area contributed by atoms with E-state index in [4.69, 9.17) is 5.73 Å². The number of sulfone groups is 1. The molecule has 0 amide bonds. The van der Waals surface area contributed by atoms with Crippen molar-refractivity contribution in [1.82, 2.24) is 4.40 Å². The van der Waals surface area contributed by atoms with Crippen molar-refractivity contribution in [3.63, 3.8) is 0 Å². The average Bonchev–Trinajstić information content (AvgIpc) is 2.44. The first-order chi connectivity index (χ1) is 6.50. The SMILES string of the molecule is CS(=O)(=O)c1cc2ccccn2c1N. The molecular formula is C9H10N2O2S. The highest BCUT2D eigenvalue weighted by molar-refractivity contribution is 7.90. The van der Waals surface area contributed by atoms with E-state index in [-0.39, 0.29) is 10.7 Å². The van der Waals surface area contributed by atoms with Crippen LogP contribution in [0, 0.1) is 0 Å². The van der Waals surface area contributed by atoms with E-state index in [0.29, 0.717) is 0 Å². The van der Waals surface area contributed by atoms with Crippen LogP contribution < -0.4 is 5.73 Å². The van der Waals surface area contributed by atoms with Crippen LogP contribution in [0.4, 0.5) is 5.82 Å². The monoisotopic (exact) mass is 210 g/mol. The van der Waals surface area contributed by atoms with Crippen molar-refractivity contribution in [2.75, 3.05) is 12.0 Å². The lowest BCUT2D eigenvalue weighted by Crippen LogP contribution is -2.01. The Morgan fingerprint density at radius 2 is 2.07 bits per heavy atom. The third-order valence-corrected chi connectivity index (χ3v) is 3.21. The van der Waals surface area contributed by atoms with Crippen LogP contribution in [-0.2, 0) is 9.84 Å². The van der Waals surface area contributed by atoms with Crippen LogP contribution in [0.2, 0.25) is 0 Å². The zero-order valence-electron chi connectivity index (χ0n) is 7.64. The van der Waals surface area contributed by atoms with Crippen LogP contribution in [0.15, 0.2) is 35.4 Å². The number of aromatic nitrogens is 1. The number of pyridine rings is 1. The Hall–Kier alpha value is -1.49. The molecule has 2 heterocycles. The van der Waals surface area contributed by atoms with Gasteiger partial charge in [-0.25, -0.2) is 8.42 Å². The first kappa shape index (κ1) is 9.08. The molecule has 5 heteroatoms. The molecule has 0 radical (unpaired) electrons. The van der Waals surface area contributed by atoms with Crippen LogP contribution in [0.25, 0.3) is 5.52 Å². The summed E-state index contributed by atoms with van der Waals surface area (Å²) in [5.41, 5.74) is 6.49. The summed E-state index contributed by atoms with van der Waals surface area (Å²) < 4.78 is 24.3. The molecule has 2 N–H and O–H groups in total. The zero-order valence-corrected chi connectivity index (χ0v) is 8.45. The Bertz CT molecular complexity index is 584. The van der Waals surface area contributed by atoms with Crippen LogP contribution in [0.5, 0.6) is 0 Å². The summed E-state index contributed by atoms with van der Waals surface area (Å²) in [6.45, 7) is 0. The molecule has 14 heavy (non-hydrogen) atoms. The van der Waals surface area contributed by atoms with Gasteiger partial charge in [-0.1, -0.05) is 6.07 Å². The third-order valence-electron chi connectivity index (χ3n) is 2.08. The molecule has 0 fully saturated rings. The van der Waals surface area contributed by atoms with Crippen molar-refractivity contribution in [2.45, 2.75) is 4.90 Å². The molecule has 4 nitrogen and oxygen atoms in total. The largest absolute Gasteiger partial charge is 0.384 e. The highest BCUT2D eigenvalue weighted by Gasteiger charge is 2.15. The fraction of sp³-hybridized carbons (Fsp3) is 0.111. The number of hydrogen-bond donors (Lipinski definition) is 1. The van der Waals surface area contributed by atoms with E-state index in [1.54, 1.807) is 22.7 Å². The molecular weight excluding hydrogens is 200 g/mol. The molecule has 74 valence electrons. The van der Waals surface area contributed by atoms with Gasteiger partial charge in [0.15, 0.2) is 9.84 Å². The van der Waals surface area contributed by atoms with Crippen molar-refractivity contribution >= 4 is 21.2 Å². The maximum atomic E-state index is 11.3. The number of fused-ring (bicyclic) bond motifs is 1. The molecule has 2 aromatic heterocycles. The summed E-state index contributed by atoms with van der Waals surface area (Å²) in [4.78, 5) is 0.184. The van der Waals surface area contributed by atoms with Crippen LogP contribution in [0.3, 0.4) is 0 Å². The van der Waals surface area contributed by atoms with Crippen LogP contribution in [-0.4, -0.2) is 19.1 Å². The molecule has 0 bridgehead atoms. The van der Waals surface area contributed by atoms with Gasteiger partial charge < -0.3 is 10.1 Å². The number of hydrogen-bond acceptors (Lipinski definition) is 3. The van der Waals surface area contributed by atoms with Crippen molar-refractivity contribution < 1.29 is 8.42 Å². The number of rotatable bonds is 1. The predicted octanol–water partition coefficient (Wildman–Crippen LogP) is 0.925. The van der Waals surface area contributed by atoms with E-state index in [0.717, 1.165) is 11.8 Å². The maximum Gasteiger partial charge on any atom is 0.179 e. The first-order valence-electron chi connectivity index (χ1n) is 4.06. The third kappa shape index (κ3) is 1.26. The average molecular weight is 210 g/mol. The molecule has 0 aliphatic rings. The molecule has 0 saturated carbocycles. The Morgan fingerprint density at radius 3 is 2.64 bits per heavy atom. The summed E-state index contributed by atoms with van der Waals surface area (Å²) >= 11 is 0. The fourth-order valence-corrected chi connectivity index (χ4v) is 2.23. The van der Waals surface area contributed by atoms with E-state index < -0.39 is 9.84 Å². The molecule has 2 rings (SSSR count). The van der Waals surface area contributed by atoms with Gasteiger partial charge in [0.25, 0.3) is 0 Å². The number of nitrogen functional groups attached to an aromatic ring is 1. The topological polar surface area (TPSA) is 64.6 Å². The van der Waals surface area contributed by atoms with E-state index >= 15 is 0 Å². The molecule has 0 unspecified atom stereocenters. The Labute approximate surface area is 81.9 Å². The summed E-state index contributed by atoms with van der Waals surface area (Å²) in [6.07, 6.45) is 2.89. The second-order valence-electron chi connectivity index (χ2n) is 3.16. The second-order valence-corrected chi connectivity index (χ2v) is 5.15. The standard InChI is InChI=1S/C9H10N2O2S/c1-14(12,13)8-6-7-4-2-3-5-11(7)9(8)10/h2-6H,10H2,1H3. The Balaban J connectivity index is 2.89. The highest BCUT2D eigenvalue weighted by atomic mass is 32.2. The van der Waals surface area contributed by atoms with Crippen LogP contribution >= 0.6 is 0 Å². The molecule has 0 aromatic carbocycles. The number of nitrogens with zero attached hydrogens (tertiary/aromatic N) is 1. The highest BCUT2D eigenvalue weighted by Crippen LogP contribution is 2.22. The van der Waals surface area contributed by atoms with E-state index in [2.05, 4.69) is 0 Å². The Kier molecular flexibility index (Phi) is 1.78. The summed E-state index contributed by atoms with van der Waals surface area (Å²) in [7, 11) is -3.24. The molecule has 0 spiro atoms. The lowest BCUT2D eigenvalue weighted by Gasteiger charge is -1.97. The molecule has 0 aliphatic heterocycles. The normalized spacial score (nSPS) is 12.1. The minimum absolute atomic E-state index is 0.184. The van der Waals surface area contributed by atoms with Crippen molar-refractivity contribution in [3.8, 4) is 0 Å². The second kappa shape index (κ2) is 2.75. The number of nitrogens with two attached hydrogens (primary N) is 1. The van der Waals surface area contributed by atoms with Gasteiger partial charge in [0.2, 0.25) is 0 Å². The van der Waals surface area contributed by atoms with E-state index in [9.17, 15) is 8.42 Å². The van der Waals surface area contributed by atoms with Crippen LogP contribution in [0.1, 0.15) is 0 Å². The smallest absolute Gasteiger partial charge is 0.179 e. The van der Waals surface area contributed by atoms with Gasteiger partial charge in [-0.3, -0.25) is 0 Å². The van der Waals surface area contributed by atoms with Crippen molar-refractivity contribution in [3.05, 3.63) is 30.5 Å². The summed E-state index contributed by atoms with van der Waals surface area (Å²) in [5.74, 6) is 0.267. The lowest BCUT2D eigenvalue weighted by molar-refractivity contribution is 0.602. The molecule has 0 atom stereocenters. The fourth-order valence-electron chi connectivity index (χ4n) is 1.42. The lowest BCUT2D eigenvalue weighted by atomic mass is 10.4.